The van der Waals surface area contributed by atoms with Gasteiger partial charge in [-0.3, -0.25) is 9.59 Å². The van der Waals surface area contributed by atoms with Crippen LogP contribution in [0, 0.1) is 0 Å². The Labute approximate surface area is 171 Å². The van der Waals surface area contributed by atoms with Crippen molar-refractivity contribution in [1.29, 1.82) is 0 Å². The second kappa shape index (κ2) is 8.92. The molecule has 0 saturated heterocycles. The fourth-order valence-electron chi connectivity index (χ4n) is 2.86. The van der Waals surface area contributed by atoms with E-state index in [1.165, 1.54) is 10.0 Å². The van der Waals surface area contributed by atoms with Gasteiger partial charge < -0.3 is 0 Å². The van der Waals surface area contributed by atoms with E-state index in [4.69, 9.17) is 11.6 Å². The maximum Gasteiger partial charge on any atom is 0.272 e. The van der Waals surface area contributed by atoms with Crippen molar-refractivity contribution in [2.24, 2.45) is 0 Å². The van der Waals surface area contributed by atoms with Gasteiger partial charge in [0.05, 0.1) is 5.54 Å². The molecule has 0 N–H and O–H groups in total. The second-order valence-corrected chi connectivity index (χ2v) is 7.72. The monoisotopic (exact) mass is 396 g/mol. The molecule has 0 fully saturated rings. The average Bonchev–Trinajstić information content (AvgIpc) is 2.65. The van der Waals surface area contributed by atoms with Crippen LogP contribution in [0.2, 0.25) is 5.02 Å². The highest BCUT2D eigenvalue weighted by atomic mass is 35.5. The van der Waals surface area contributed by atoms with Crippen LogP contribution >= 0.6 is 11.6 Å². The molecule has 2 aromatic rings. The molecule has 0 spiro atoms. The molecular weight excluding hydrogens is 372 g/mol. The first-order chi connectivity index (χ1) is 13.2. The van der Waals surface area contributed by atoms with Crippen molar-refractivity contribution in [3.05, 3.63) is 82.6 Å². The van der Waals surface area contributed by atoms with Gasteiger partial charge in [-0.05, 0) is 75.7 Å². The molecule has 28 heavy (non-hydrogen) atoms. The SMILES string of the molecule is C=C=Cc1ccc(C(=O)N(CC)N(C(=O)c2ccc(Cl)cc2)C(C)(C)C)cc1. The van der Waals surface area contributed by atoms with E-state index in [0.717, 1.165) is 5.56 Å². The number of nitrogens with zero attached hydrogens (tertiary/aromatic N) is 2. The molecule has 5 heteroatoms. The van der Waals surface area contributed by atoms with E-state index in [1.54, 1.807) is 42.5 Å². The summed E-state index contributed by atoms with van der Waals surface area (Å²) in [4.78, 5) is 26.4. The van der Waals surface area contributed by atoms with Gasteiger partial charge in [0.15, 0.2) is 0 Å². The summed E-state index contributed by atoms with van der Waals surface area (Å²) in [5, 5.41) is 3.54. The lowest BCUT2D eigenvalue weighted by molar-refractivity contribution is -0.0410. The standard InChI is InChI=1S/C23H25ClN2O2/c1-6-8-17-9-11-18(12-10-17)21(27)25(7-2)26(23(3,4)5)22(28)19-13-15-20(24)16-14-19/h8-16H,1,7H2,2-5H3. The smallest absolute Gasteiger partial charge is 0.267 e. The van der Waals surface area contributed by atoms with Crippen molar-refractivity contribution in [2.45, 2.75) is 33.2 Å². The molecule has 0 aliphatic heterocycles. The van der Waals surface area contributed by atoms with Crippen LogP contribution in [0.3, 0.4) is 0 Å². The van der Waals surface area contributed by atoms with E-state index in [0.29, 0.717) is 22.7 Å². The highest BCUT2D eigenvalue weighted by molar-refractivity contribution is 6.30. The van der Waals surface area contributed by atoms with Gasteiger partial charge in [-0.15, -0.1) is 5.73 Å². The van der Waals surface area contributed by atoms with Crippen LogP contribution in [0.5, 0.6) is 0 Å². The van der Waals surface area contributed by atoms with Crippen molar-refractivity contribution in [1.82, 2.24) is 10.0 Å². The van der Waals surface area contributed by atoms with Gasteiger partial charge in [0.2, 0.25) is 0 Å². The van der Waals surface area contributed by atoms with E-state index in [1.807, 2.05) is 39.8 Å². The third-order valence-corrected chi connectivity index (χ3v) is 4.37. The zero-order valence-electron chi connectivity index (χ0n) is 16.7. The number of carbonyl (C=O) groups is 2. The van der Waals surface area contributed by atoms with Gasteiger partial charge in [0.1, 0.15) is 0 Å². The van der Waals surface area contributed by atoms with Gasteiger partial charge in [-0.25, -0.2) is 10.0 Å². The number of rotatable bonds is 4. The Morgan fingerprint density at radius 2 is 1.50 bits per heavy atom. The summed E-state index contributed by atoms with van der Waals surface area (Å²) in [5.74, 6) is -0.501. The van der Waals surface area contributed by atoms with E-state index in [-0.39, 0.29) is 11.8 Å². The molecule has 2 amide bonds. The quantitative estimate of drug-likeness (QED) is 0.508. The molecule has 0 bridgehead atoms. The fraction of sp³-hybridized carbons (Fsp3) is 0.261. The Morgan fingerprint density at radius 1 is 1.00 bits per heavy atom. The van der Waals surface area contributed by atoms with E-state index in [2.05, 4.69) is 12.3 Å². The van der Waals surface area contributed by atoms with Gasteiger partial charge in [-0.1, -0.05) is 30.3 Å². The number of hydrogen-bond acceptors (Lipinski definition) is 2. The first-order valence-electron chi connectivity index (χ1n) is 9.07. The molecular formula is C23H25ClN2O2. The Kier molecular flexibility index (Phi) is 6.85. The van der Waals surface area contributed by atoms with Gasteiger partial charge in [0.25, 0.3) is 11.8 Å². The van der Waals surface area contributed by atoms with Gasteiger partial charge >= 0.3 is 0 Å². The van der Waals surface area contributed by atoms with Crippen molar-refractivity contribution in [3.63, 3.8) is 0 Å². The lowest BCUT2D eigenvalue weighted by atomic mass is 10.1. The van der Waals surface area contributed by atoms with Crippen molar-refractivity contribution in [2.75, 3.05) is 6.54 Å². The summed E-state index contributed by atoms with van der Waals surface area (Å²) in [7, 11) is 0. The summed E-state index contributed by atoms with van der Waals surface area (Å²) >= 11 is 5.94. The summed E-state index contributed by atoms with van der Waals surface area (Å²) in [6.07, 6.45) is 1.73. The fourth-order valence-corrected chi connectivity index (χ4v) is 2.98. The molecule has 0 heterocycles. The van der Waals surface area contributed by atoms with Crippen molar-refractivity contribution < 1.29 is 9.59 Å². The maximum atomic E-state index is 13.2. The molecule has 0 aromatic heterocycles. The Hall–Kier alpha value is -2.81. The molecule has 4 nitrogen and oxygen atoms in total. The highest BCUT2D eigenvalue weighted by Gasteiger charge is 2.35. The Bertz CT molecular complexity index is 890. The van der Waals surface area contributed by atoms with Crippen LogP contribution in [0.25, 0.3) is 6.08 Å². The zero-order chi connectivity index (χ0) is 20.9. The summed E-state index contributed by atoms with van der Waals surface area (Å²) in [6.45, 7) is 11.4. The average molecular weight is 397 g/mol. The molecule has 146 valence electrons. The minimum absolute atomic E-state index is 0.242. The third kappa shape index (κ3) is 4.92. The molecule has 2 rings (SSSR count). The molecule has 0 unspecified atom stereocenters. The summed E-state index contributed by atoms with van der Waals surface area (Å²) in [5.41, 5.74) is 3.98. The van der Waals surface area contributed by atoms with Crippen LogP contribution in [-0.2, 0) is 0 Å². The predicted molar refractivity (Wildman–Crippen MR) is 114 cm³/mol. The van der Waals surface area contributed by atoms with E-state index < -0.39 is 5.54 Å². The van der Waals surface area contributed by atoms with Gasteiger partial charge in [-0.2, -0.15) is 0 Å². The summed E-state index contributed by atoms with van der Waals surface area (Å²) < 4.78 is 0. The Balaban J connectivity index is 2.41. The second-order valence-electron chi connectivity index (χ2n) is 7.29. The number of hydrazine groups is 1. The minimum atomic E-state index is -0.603. The minimum Gasteiger partial charge on any atom is -0.267 e. The number of benzene rings is 2. The van der Waals surface area contributed by atoms with Gasteiger partial charge in [0, 0.05) is 22.7 Å². The van der Waals surface area contributed by atoms with Crippen LogP contribution in [0.1, 0.15) is 54.0 Å². The van der Waals surface area contributed by atoms with Crippen LogP contribution in [0.15, 0.2) is 60.8 Å². The zero-order valence-corrected chi connectivity index (χ0v) is 17.5. The number of halogens is 1. The maximum absolute atomic E-state index is 13.2. The van der Waals surface area contributed by atoms with Crippen LogP contribution in [0.4, 0.5) is 0 Å². The summed E-state index contributed by atoms with van der Waals surface area (Å²) in [6, 6.07) is 13.8. The Morgan fingerprint density at radius 3 is 1.96 bits per heavy atom. The van der Waals surface area contributed by atoms with Crippen molar-refractivity contribution >= 4 is 29.5 Å². The van der Waals surface area contributed by atoms with E-state index in [9.17, 15) is 9.59 Å². The molecule has 2 aromatic carbocycles. The number of amides is 2. The van der Waals surface area contributed by atoms with Crippen LogP contribution in [-0.4, -0.2) is 33.9 Å². The first-order valence-corrected chi connectivity index (χ1v) is 9.44. The topological polar surface area (TPSA) is 40.6 Å². The van der Waals surface area contributed by atoms with Crippen molar-refractivity contribution in [3.8, 4) is 0 Å². The normalized spacial score (nSPS) is 10.8. The third-order valence-electron chi connectivity index (χ3n) is 4.12. The molecule has 0 saturated carbocycles. The first kappa shape index (κ1) is 21.5. The highest BCUT2D eigenvalue weighted by Crippen LogP contribution is 2.23. The molecule has 0 radical (unpaired) electrons. The van der Waals surface area contributed by atoms with E-state index >= 15 is 0 Å². The predicted octanol–water partition coefficient (Wildman–Crippen LogP) is 5.46. The molecule has 0 aliphatic rings. The number of carbonyl (C=O) groups excluding carboxylic acids is 2. The van der Waals surface area contributed by atoms with Crippen LogP contribution < -0.4 is 0 Å². The lowest BCUT2D eigenvalue weighted by Crippen LogP contribution is -2.58. The number of hydrogen-bond donors (Lipinski definition) is 0. The molecule has 0 aliphatic carbocycles. The molecule has 0 atom stereocenters. The lowest BCUT2D eigenvalue weighted by Gasteiger charge is -2.43. The largest absolute Gasteiger partial charge is 0.272 e.